The van der Waals surface area contributed by atoms with Crippen molar-refractivity contribution in [1.82, 2.24) is 10.2 Å². The van der Waals surface area contributed by atoms with Crippen molar-refractivity contribution in [3.05, 3.63) is 0 Å². The molecule has 0 aliphatic carbocycles. The number of ether oxygens (including phenoxy) is 1. The van der Waals surface area contributed by atoms with Gasteiger partial charge in [-0.25, -0.2) is 0 Å². The average molecular weight is 228 g/mol. The zero-order valence-corrected chi connectivity index (χ0v) is 11.3. The quantitative estimate of drug-likeness (QED) is 0.718. The first-order valence-corrected chi connectivity index (χ1v) is 6.68. The van der Waals surface area contributed by atoms with Crippen molar-refractivity contribution in [3.8, 4) is 0 Å². The maximum Gasteiger partial charge on any atom is 0.0616 e. The minimum atomic E-state index is 0.480. The van der Waals surface area contributed by atoms with Gasteiger partial charge >= 0.3 is 0 Å². The molecule has 2 unspecified atom stereocenters. The van der Waals surface area contributed by atoms with E-state index in [1.54, 1.807) is 0 Å². The highest BCUT2D eigenvalue weighted by Crippen LogP contribution is 2.17. The van der Waals surface area contributed by atoms with E-state index in [1.165, 1.54) is 19.5 Å². The molecule has 1 N–H and O–H groups in total. The Morgan fingerprint density at radius 1 is 1.38 bits per heavy atom. The molecule has 1 rings (SSSR count). The molecule has 1 fully saturated rings. The summed E-state index contributed by atoms with van der Waals surface area (Å²) in [6.45, 7) is 14.1. The minimum absolute atomic E-state index is 0.480. The monoisotopic (exact) mass is 228 g/mol. The first-order valence-electron chi connectivity index (χ1n) is 6.68. The van der Waals surface area contributed by atoms with Gasteiger partial charge in [0.25, 0.3) is 0 Å². The first kappa shape index (κ1) is 13.9. The van der Waals surface area contributed by atoms with Gasteiger partial charge in [0.05, 0.1) is 6.61 Å². The minimum Gasteiger partial charge on any atom is -0.380 e. The van der Waals surface area contributed by atoms with Gasteiger partial charge in [-0.1, -0.05) is 0 Å². The first-order chi connectivity index (χ1) is 7.63. The molecule has 0 aromatic carbocycles. The summed E-state index contributed by atoms with van der Waals surface area (Å²) in [5, 5.41) is 3.57. The molecule has 0 bridgehead atoms. The molecule has 1 aliphatic heterocycles. The fourth-order valence-electron chi connectivity index (χ4n) is 2.22. The van der Waals surface area contributed by atoms with Crippen molar-refractivity contribution in [2.24, 2.45) is 5.92 Å². The van der Waals surface area contributed by atoms with Crippen LogP contribution in [-0.2, 0) is 4.74 Å². The smallest absolute Gasteiger partial charge is 0.0616 e. The lowest BCUT2D eigenvalue weighted by Crippen LogP contribution is -2.36. The van der Waals surface area contributed by atoms with E-state index in [-0.39, 0.29) is 0 Å². The Hall–Kier alpha value is -0.120. The molecular formula is C13H28N2O. The largest absolute Gasteiger partial charge is 0.380 e. The number of nitrogens with zero attached hydrogens (tertiary/aromatic N) is 1. The molecular weight excluding hydrogens is 200 g/mol. The second-order valence-electron chi connectivity index (χ2n) is 5.21. The van der Waals surface area contributed by atoms with Crippen molar-refractivity contribution in [3.63, 3.8) is 0 Å². The van der Waals surface area contributed by atoms with Crippen LogP contribution in [0.15, 0.2) is 0 Å². The van der Waals surface area contributed by atoms with Crippen LogP contribution in [0.5, 0.6) is 0 Å². The summed E-state index contributed by atoms with van der Waals surface area (Å²) in [4.78, 5) is 2.57. The molecule has 96 valence electrons. The van der Waals surface area contributed by atoms with Gasteiger partial charge in [0.2, 0.25) is 0 Å². The molecule has 2 atom stereocenters. The topological polar surface area (TPSA) is 24.5 Å². The van der Waals surface area contributed by atoms with Crippen molar-refractivity contribution in [1.29, 1.82) is 0 Å². The molecule has 0 saturated carbocycles. The van der Waals surface area contributed by atoms with Crippen LogP contribution in [0.2, 0.25) is 0 Å². The van der Waals surface area contributed by atoms with E-state index >= 15 is 0 Å². The number of nitrogens with one attached hydrogen (secondary N) is 1. The molecule has 0 aromatic heterocycles. The van der Waals surface area contributed by atoms with Gasteiger partial charge < -0.3 is 15.0 Å². The van der Waals surface area contributed by atoms with Crippen LogP contribution in [-0.4, -0.2) is 49.8 Å². The Morgan fingerprint density at radius 2 is 2.12 bits per heavy atom. The van der Waals surface area contributed by atoms with E-state index in [4.69, 9.17) is 4.74 Å². The third-order valence-corrected chi connectivity index (χ3v) is 3.37. The predicted molar refractivity (Wildman–Crippen MR) is 68.8 cm³/mol. The SMILES string of the molecule is CCOCC(C)NCC1CCN(C(C)C)C1. The molecule has 0 amide bonds. The highest BCUT2D eigenvalue weighted by Gasteiger charge is 2.23. The number of likely N-dealkylation sites (tertiary alicyclic amines) is 1. The van der Waals surface area contributed by atoms with Crippen LogP contribution < -0.4 is 5.32 Å². The summed E-state index contributed by atoms with van der Waals surface area (Å²) in [5.41, 5.74) is 0. The Kier molecular flexibility index (Phi) is 6.32. The second kappa shape index (κ2) is 7.25. The van der Waals surface area contributed by atoms with Crippen LogP contribution in [0, 0.1) is 5.92 Å². The molecule has 3 nitrogen and oxygen atoms in total. The van der Waals surface area contributed by atoms with Gasteiger partial charge in [-0.2, -0.15) is 0 Å². The average Bonchev–Trinajstić information content (AvgIpc) is 2.72. The number of rotatable bonds is 7. The molecule has 16 heavy (non-hydrogen) atoms. The van der Waals surface area contributed by atoms with E-state index in [0.717, 1.165) is 25.7 Å². The Balaban J connectivity index is 2.10. The molecule has 3 heteroatoms. The summed E-state index contributed by atoms with van der Waals surface area (Å²) >= 11 is 0. The molecule has 1 saturated heterocycles. The summed E-state index contributed by atoms with van der Waals surface area (Å²) in [6, 6.07) is 1.18. The Morgan fingerprint density at radius 3 is 2.69 bits per heavy atom. The predicted octanol–water partition coefficient (Wildman–Crippen LogP) is 1.73. The van der Waals surface area contributed by atoms with Gasteiger partial charge in [0.15, 0.2) is 0 Å². The van der Waals surface area contributed by atoms with Crippen LogP contribution in [0.25, 0.3) is 0 Å². The number of hydrogen-bond acceptors (Lipinski definition) is 3. The molecule has 0 radical (unpaired) electrons. The third kappa shape index (κ3) is 4.81. The standard InChI is InChI=1S/C13H28N2O/c1-5-16-10-12(4)14-8-13-6-7-15(9-13)11(2)3/h11-14H,5-10H2,1-4H3. The van der Waals surface area contributed by atoms with Gasteiger partial charge in [-0.05, 0) is 53.1 Å². The van der Waals surface area contributed by atoms with Crippen molar-refractivity contribution in [2.75, 3.05) is 32.8 Å². The van der Waals surface area contributed by atoms with E-state index < -0.39 is 0 Å². The van der Waals surface area contributed by atoms with Gasteiger partial charge in [-0.15, -0.1) is 0 Å². The van der Waals surface area contributed by atoms with Gasteiger partial charge in [-0.3, -0.25) is 0 Å². The van der Waals surface area contributed by atoms with E-state index in [2.05, 4.69) is 31.0 Å². The third-order valence-electron chi connectivity index (χ3n) is 3.37. The highest BCUT2D eigenvalue weighted by molar-refractivity contribution is 4.79. The highest BCUT2D eigenvalue weighted by atomic mass is 16.5. The zero-order valence-electron chi connectivity index (χ0n) is 11.3. The maximum atomic E-state index is 5.40. The molecule has 1 heterocycles. The number of hydrogen-bond donors (Lipinski definition) is 1. The lowest BCUT2D eigenvalue weighted by molar-refractivity contribution is 0.126. The van der Waals surface area contributed by atoms with E-state index in [0.29, 0.717) is 12.1 Å². The summed E-state index contributed by atoms with van der Waals surface area (Å²) in [7, 11) is 0. The fraction of sp³-hybridized carbons (Fsp3) is 1.00. The lowest BCUT2D eigenvalue weighted by atomic mass is 10.1. The van der Waals surface area contributed by atoms with Crippen molar-refractivity contribution >= 4 is 0 Å². The Bertz CT molecular complexity index is 185. The fourth-order valence-corrected chi connectivity index (χ4v) is 2.22. The molecule has 0 spiro atoms. The zero-order chi connectivity index (χ0) is 12.0. The summed E-state index contributed by atoms with van der Waals surface area (Å²) < 4.78 is 5.40. The maximum absolute atomic E-state index is 5.40. The van der Waals surface area contributed by atoms with Crippen LogP contribution in [0.1, 0.15) is 34.1 Å². The van der Waals surface area contributed by atoms with Crippen molar-refractivity contribution in [2.45, 2.75) is 46.2 Å². The van der Waals surface area contributed by atoms with Crippen LogP contribution in [0.4, 0.5) is 0 Å². The Labute approximate surface area is 101 Å². The molecule has 1 aliphatic rings. The van der Waals surface area contributed by atoms with Gasteiger partial charge in [0, 0.05) is 25.2 Å². The van der Waals surface area contributed by atoms with Gasteiger partial charge in [0.1, 0.15) is 0 Å². The summed E-state index contributed by atoms with van der Waals surface area (Å²) in [5.74, 6) is 0.825. The van der Waals surface area contributed by atoms with Crippen molar-refractivity contribution < 1.29 is 4.74 Å². The van der Waals surface area contributed by atoms with E-state index in [1.807, 2.05) is 6.92 Å². The van der Waals surface area contributed by atoms with E-state index in [9.17, 15) is 0 Å². The second-order valence-corrected chi connectivity index (χ2v) is 5.21. The summed E-state index contributed by atoms with van der Waals surface area (Å²) in [6.07, 6.45) is 1.34. The lowest BCUT2D eigenvalue weighted by Gasteiger charge is -2.21. The van der Waals surface area contributed by atoms with Crippen LogP contribution >= 0.6 is 0 Å². The van der Waals surface area contributed by atoms with Crippen LogP contribution in [0.3, 0.4) is 0 Å². The molecule has 0 aromatic rings. The normalized spacial score (nSPS) is 24.2.